The third kappa shape index (κ3) is 5.92. The molecule has 9 heteroatoms. The average molecular weight is 463 g/mol. The molecule has 32 heavy (non-hydrogen) atoms. The topological polar surface area (TPSA) is 94.2 Å². The zero-order chi connectivity index (χ0) is 23.1. The molecule has 1 heterocycles. The zero-order valence-electron chi connectivity index (χ0n) is 18.7. The summed E-state index contributed by atoms with van der Waals surface area (Å²) < 4.78 is 44.6. The van der Waals surface area contributed by atoms with E-state index >= 15 is 0 Å². The Morgan fingerprint density at radius 1 is 1.00 bits per heavy atom. The van der Waals surface area contributed by atoms with Crippen molar-refractivity contribution in [3.8, 4) is 17.2 Å². The van der Waals surface area contributed by atoms with Gasteiger partial charge in [-0.15, -0.1) is 0 Å². The molecule has 0 unspecified atom stereocenters. The molecule has 1 amide bonds. The number of likely N-dealkylation sites (tertiary alicyclic amines) is 1. The molecule has 1 fully saturated rings. The standard InChI is InChI=1S/C23H30N2O6S/c1-17(16-31-19-9-7-18(29-2)8-10-19)24-32(27,28)20-11-12-22(30-3)21(15-20)23(26)25-13-5-4-6-14-25/h7-12,15,17,24H,4-6,13-14,16H2,1-3H3/t17-/m1/s1. The monoisotopic (exact) mass is 462 g/mol. The van der Waals surface area contributed by atoms with Crippen molar-refractivity contribution >= 4 is 15.9 Å². The molecule has 0 bridgehead atoms. The van der Waals surface area contributed by atoms with Gasteiger partial charge in [-0.1, -0.05) is 0 Å². The van der Waals surface area contributed by atoms with Crippen LogP contribution in [0.5, 0.6) is 17.2 Å². The highest BCUT2D eigenvalue weighted by atomic mass is 32.2. The maximum Gasteiger partial charge on any atom is 0.257 e. The Bertz CT molecular complexity index is 1020. The van der Waals surface area contributed by atoms with Gasteiger partial charge in [-0.3, -0.25) is 4.79 Å². The molecule has 1 aliphatic heterocycles. The van der Waals surface area contributed by atoms with E-state index in [2.05, 4.69) is 4.72 Å². The maximum absolute atomic E-state index is 13.0. The molecule has 3 rings (SSSR count). The number of piperidine rings is 1. The number of ether oxygens (including phenoxy) is 3. The van der Waals surface area contributed by atoms with Crippen molar-refractivity contribution in [2.75, 3.05) is 33.9 Å². The van der Waals surface area contributed by atoms with Crippen LogP contribution in [-0.4, -0.2) is 59.2 Å². The molecular formula is C23H30N2O6S. The molecule has 1 saturated heterocycles. The fourth-order valence-electron chi connectivity index (χ4n) is 3.55. The highest BCUT2D eigenvalue weighted by Crippen LogP contribution is 2.25. The Hall–Kier alpha value is -2.78. The molecule has 8 nitrogen and oxygen atoms in total. The number of carbonyl (C=O) groups excluding carboxylic acids is 1. The average Bonchev–Trinajstić information content (AvgIpc) is 2.82. The van der Waals surface area contributed by atoms with Gasteiger partial charge in [-0.25, -0.2) is 13.1 Å². The lowest BCUT2D eigenvalue weighted by Crippen LogP contribution is -2.37. The van der Waals surface area contributed by atoms with E-state index in [0.717, 1.165) is 19.3 Å². The normalized spacial score (nSPS) is 15.2. The van der Waals surface area contributed by atoms with Crippen LogP contribution in [0.15, 0.2) is 47.4 Å². The van der Waals surface area contributed by atoms with Gasteiger partial charge >= 0.3 is 0 Å². The predicted molar refractivity (Wildman–Crippen MR) is 121 cm³/mol. The summed E-state index contributed by atoms with van der Waals surface area (Å²) in [5, 5.41) is 0. The fourth-order valence-corrected chi connectivity index (χ4v) is 4.80. The molecule has 0 aliphatic carbocycles. The van der Waals surface area contributed by atoms with E-state index < -0.39 is 16.1 Å². The number of hydrogen-bond donors (Lipinski definition) is 1. The third-order valence-electron chi connectivity index (χ3n) is 5.27. The Morgan fingerprint density at radius 3 is 2.28 bits per heavy atom. The van der Waals surface area contributed by atoms with Crippen molar-refractivity contribution in [2.45, 2.75) is 37.1 Å². The minimum absolute atomic E-state index is 0.00922. The molecule has 1 aliphatic rings. The van der Waals surface area contributed by atoms with E-state index in [1.54, 1.807) is 43.2 Å². The molecule has 2 aromatic carbocycles. The zero-order valence-corrected chi connectivity index (χ0v) is 19.5. The van der Waals surface area contributed by atoms with E-state index in [9.17, 15) is 13.2 Å². The van der Waals surface area contributed by atoms with Gasteiger partial charge in [0.1, 0.15) is 23.9 Å². The van der Waals surface area contributed by atoms with Crippen LogP contribution >= 0.6 is 0 Å². The Labute approximate surface area is 189 Å². The minimum atomic E-state index is -3.86. The van der Waals surface area contributed by atoms with E-state index in [1.807, 2.05) is 0 Å². The number of nitrogens with zero attached hydrogens (tertiary/aromatic N) is 1. The maximum atomic E-state index is 13.0. The summed E-state index contributed by atoms with van der Waals surface area (Å²) in [4.78, 5) is 14.7. The Balaban J connectivity index is 1.70. The van der Waals surface area contributed by atoms with Gasteiger partial charge in [0.15, 0.2) is 0 Å². The lowest BCUT2D eigenvalue weighted by atomic mass is 10.1. The summed E-state index contributed by atoms with van der Waals surface area (Å²) in [6, 6.07) is 10.9. The number of rotatable bonds is 9. The van der Waals surface area contributed by atoms with Crippen molar-refractivity contribution in [3.05, 3.63) is 48.0 Å². The van der Waals surface area contributed by atoms with Gasteiger partial charge in [-0.05, 0) is 68.7 Å². The summed E-state index contributed by atoms with van der Waals surface area (Å²) >= 11 is 0. The first-order valence-corrected chi connectivity index (χ1v) is 12.1. The van der Waals surface area contributed by atoms with Gasteiger partial charge in [0, 0.05) is 13.1 Å². The van der Waals surface area contributed by atoms with Crippen LogP contribution in [0.2, 0.25) is 0 Å². The first kappa shape index (κ1) is 23.9. The third-order valence-corrected chi connectivity index (χ3v) is 6.86. The van der Waals surface area contributed by atoms with E-state index in [4.69, 9.17) is 14.2 Å². The second kappa shape index (κ2) is 10.7. The number of sulfonamides is 1. The molecule has 174 valence electrons. The summed E-state index contributed by atoms with van der Waals surface area (Å²) in [7, 11) is -0.816. The van der Waals surface area contributed by atoms with E-state index in [-0.39, 0.29) is 23.0 Å². The van der Waals surface area contributed by atoms with Gasteiger partial charge in [0.05, 0.1) is 30.7 Å². The number of carbonyl (C=O) groups is 1. The lowest BCUT2D eigenvalue weighted by Gasteiger charge is -2.27. The lowest BCUT2D eigenvalue weighted by molar-refractivity contribution is 0.0720. The molecular weight excluding hydrogens is 432 g/mol. The smallest absolute Gasteiger partial charge is 0.257 e. The first-order valence-electron chi connectivity index (χ1n) is 10.6. The van der Waals surface area contributed by atoms with Crippen LogP contribution in [0.3, 0.4) is 0 Å². The van der Waals surface area contributed by atoms with Crippen LogP contribution in [-0.2, 0) is 10.0 Å². The van der Waals surface area contributed by atoms with Gasteiger partial charge < -0.3 is 19.1 Å². The van der Waals surface area contributed by atoms with Crippen molar-refractivity contribution in [3.63, 3.8) is 0 Å². The van der Waals surface area contributed by atoms with Gasteiger partial charge in [0.25, 0.3) is 5.91 Å². The number of methoxy groups -OCH3 is 2. The first-order chi connectivity index (χ1) is 15.3. The second-order valence-electron chi connectivity index (χ2n) is 7.72. The summed E-state index contributed by atoms with van der Waals surface area (Å²) in [5.41, 5.74) is 0.249. The molecule has 1 N–H and O–H groups in total. The number of nitrogens with one attached hydrogen (secondary N) is 1. The van der Waals surface area contributed by atoms with Gasteiger partial charge in [0.2, 0.25) is 10.0 Å². The molecule has 0 radical (unpaired) electrons. The molecule has 0 aromatic heterocycles. The van der Waals surface area contributed by atoms with Crippen LogP contribution < -0.4 is 18.9 Å². The predicted octanol–water partition coefficient (Wildman–Crippen LogP) is 3.08. The highest BCUT2D eigenvalue weighted by Gasteiger charge is 2.25. The van der Waals surface area contributed by atoms with E-state index in [1.165, 1.54) is 25.3 Å². The molecule has 1 atom stereocenters. The minimum Gasteiger partial charge on any atom is -0.497 e. The van der Waals surface area contributed by atoms with Gasteiger partial charge in [-0.2, -0.15) is 0 Å². The number of hydrogen-bond acceptors (Lipinski definition) is 6. The van der Waals surface area contributed by atoms with Crippen molar-refractivity contribution in [1.82, 2.24) is 9.62 Å². The van der Waals surface area contributed by atoms with Crippen LogP contribution in [0.1, 0.15) is 36.5 Å². The fraction of sp³-hybridized carbons (Fsp3) is 0.435. The van der Waals surface area contributed by atoms with E-state index in [0.29, 0.717) is 30.3 Å². The quantitative estimate of drug-likeness (QED) is 0.616. The van der Waals surface area contributed by atoms with Crippen molar-refractivity contribution < 1.29 is 27.4 Å². The molecule has 2 aromatic rings. The van der Waals surface area contributed by atoms with Crippen molar-refractivity contribution in [1.29, 1.82) is 0 Å². The molecule has 0 spiro atoms. The molecule has 0 saturated carbocycles. The Morgan fingerprint density at radius 2 is 1.66 bits per heavy atom. The SMILES string of the molecule is COc1ccc(OC[C@@H](C)NS(=O)(=O)c2ccc(OC)c(C(=O)N3CCCCC3)c2)cc1. The number of amides is 1. The number of benzene rings is 2. The Kier molecular flexibility index (Phi) is 7.98. The summed E-state index contributed by atoms with van der Waals surface area (Å²) in [6.07, 6.45) is 2.98. The highest BCUT2D eigenvalue weighted by molar-refractivity contribution is 7.89. The summed E-state index contributed by atoms with van der Waals surface area (Å²) in [5.74, 6) is 1.46. The van der Waals surface area contributed by atoms with Crippen LogP contribution in [0.4, 0.5) is 0 Å². The van der Waals surface area contributed by atoms with Crippen LogP contribution in [0, 0.1) is 0 Å². The second-order valence-corrected chi connectivity index (χ2v) is 9.44. The largest absolute Gasteiger partial charge is 0.497 e. The summed E-state index contributed by atoms with van der Waals surface area (Å²) in [6.45, 7) is 3.18. The van der Waals surface area contributed by atoms with Crippen LogP contribution in [0.25, 0.3) is 0 Å². The van der Waals surface area contributed by atoms with Crippen molar-refractivity contribution in [2.24, 2.45) is 0 Å².